The predicted molar refractivity (Wildman–Crippen MR) is 62.6 cm³/mol. The van der Waals surface area contributed by atoms with Gasteiger partial charge < -0.3 is 15.5 Å². The first-order valence-corrected chi connectivity index (χ1v) is 5.85. The fourth-order valence-corrected chi connectivity index (χ4v) is 2.23. The lowest BCUT2D eigenvalue weighted by Gasteiger charge is -2.08. The summed E-state index contributed by atoms with van der Waals surface area (Å²) in [6, 6.07) is 3.27. The fourth-order valence-electron chi connectivity index (χ4n) is 2.23. The number of hydrogen-bond donors (Lipinski definition) is 2. The molecular weight excluding hydrogens is 259 g/mol. The van der Waals surface area contributed by atoms with Crippen LogP contribution in [0, 0.1) is 0 Å². The lowest BCUT2D eigenvalue weighted by molar-refractivity contribution is -0.137. The van der Waals surface area contributed by atoms with Crippen LogP contribution in [-0.4, -0.2) is 29.2 Å². The number of rotatable bonds is 1. The maximum atomic E-state index is 12.6. The van der Waals surface area contributed by atoms with Crippen molar-refractivity contribution in [3.05, 3.63) is 29.6 Å². The number of fused-ring (bicyclic) bond motifs is 1. The third-order valence-corrected chi connectivity index (χ3v) is 3.30. The molecule has 0 amide bonds. The molecule has 0 saturated carbocycles. The molecule has 1 fully saturated rings. The topological polar surface area (TPSA) is 63.9 Å². The Morgan fingerprint density at radius 2 is 2.11 bits per heavy atom. The van der Waals surface area contributed by atoms with Crippen molar-refractivity contribution < 1.29 is 17.9 Å². The number of aromatic amines is 1. The molecular formula is C12H12F3N3O. The van der Waals surface area contributed by atoms with Crippen LogP contribution in [0.4, 0.5) is 13.2 Å². The number of hydrogen-bond acceptors (Lipinski definition) is 3. The fraction of sp³-hybridized carbons (Fsp3) is 0.417. The quantitative estimate of drug-likeness (QED) is 0.834. The minimum atomic E-state index is -4.35. The summed E-state index contributed by atoms with van der Waals surface area (Å²) in [5, 5.41) is 0. The van der Waals surface area contributed by atoms with E-state index in [9.17, 15) is 13.2 Å². The largest absolute Gasteiger partial charge is 0.416 e. The van der Waals surface area contributed by atoms with Crippen molar-refractivity contribution in [1.82, 2.24) is 9.97 Å². The molecule has 1 aliphatic rings. The molecule has 2 heterocycles. The van der Waals surface area contributed by atoms with Crippen molar-refractivity contribution >= 4 is 11.0 Å². The van der Waals surface area contributed by atoms with Crippen LogP contribution in [0.15, 0.2) is 18.2 Å². The summed E-state index contributed by atoms with van der Waals surface area (Å²) >= 11 is 0. The summed E-state index contributed by atoms with van der Waals surface area (Å²) in [6.45, 7) is 0.878. The first kappa shape index (κ1) is 12.4. The molecule has 1 saturated heterocycles. The second kappa shape index (κ2) is 4.21. The number of ether oxygens (including phenoxy) is 1. The van der Waals surface area contributed by atoms with Gasteiger partial charge in [-0.2, -0.15) is 13.2 Å². The zero-order valence-electron chi connectivity index (χ0n) is 9.87. The van der Waals surface area contributed by atoms with E-state index in [2.05, 4.69) is 9.97 Å². The van der Waals surface area contributed by atoms with Crippen LogP contribution in [0.3, 0.4) is 0 Å². The molecule has 0 radical (unpaired) electrons. The lowest BCUT2D eigenvalue weighted by Crippen LogP contribution is -2.27. The highest BCUT2D eigenvalue weighted by atomic mass is 19.4. The van der Waals surface area contributed by atoms with Gasteiger partial charge in [-0.15, -0.1) is 0 Å². The van der Waals surface area contributed by atoms with Gasteiger partial charge in [0.1, 0.15) is 5.82 Å². The number of H-pyrrole nitrogens is 1. The van der Waals surface area contributed by atoms with E-state index < -0.39 is 11.7 Å². The highest BCUT2D eigenvalue weighted by molar-refractivity contribution is 5.76. The van der Waals surface area contributed by atoms with Crippen LogP contribution in [0.2, 0.25) is 0 Å². The summed E-state index contributed by atoms with van der Waals surface area (Å²) in [5.41, 5.74) is 6.04. The Morgan fingerprint density at radius 3 is 2.74 bits per heavy atom. The number of nitrogens with zero attached hydrogens (tertiary/aromatic N) is 1. The number of benzene rings is 1. The summed E-state index contributed by atoms with van der Waals surface area (Å²) < 4.78 is 43.1. The number of halogens is 3. The number of alkyl halides is 3. The number of aromatic nitrogens is 2. The van der Waals surface area contributed by atoms with Crippen LogP contribution in [0.25, 0.3) is 11.0 Å². The normalized spacial score (nSPS) is 24.2. The number of nitrogens with one attached hydrogen (secondary N) is 1. The molecule has 0 bridgehead atoms. The van der Waals surface area contributed by atoms with E-state index in [1.807, 2.05) is 0 Å². The molecule has 2 atom stereocenters. The standard InChI is InChI=1S/C12H12F3N3O/c13-12(14,15)6-1-2-9-10(3-6)18-11(17-9)7-4-19-5-8(7)16/h1-3,7-8H,4-5,16H2,(H,17,18). The summed E-state index contributed by atoms with van der Waals surface area (Å²) in [7, 11) is 0. The first-order chi connectivity index (χ1) is 8.95. The molecule has 0 spiro atoms. The van der Waals surface area contributed by atoms with E-state index in [-0.39, 0.29) is 12.0 Å². The van der Waals surface area contributed by atoms with Crippen LogP contribution < -0.4 is 5.73 Å². The van der Waals surface area contributed by atoms with Gasteiger partial charge in [-0.1, -0.05) is 0 Å². The Hall–Kier alpha value is -1.60. The highest BCUT2D eigenvalue weighted by Crippen LogP contribution is 2.32. The van der Waals surface area contributed by atoms with E-state index in [0.29, 0.717) is 30.1 Å². The Balaban J connectivity index is 2.01. The van der Waals surface area contributed by atoms with Gasteiger partial charge in [0, 0.05) is 6.04 Å². The summed E-state index contributed by atoms with van der Waals surface area (Å²) in [6.07, 6.45) is -4.35. The smallest absolute Gasteiger partial charge is 0.379 e. The van der Waals surface area contributed by atoms with Gasteiger partial charge in [0.25, 0.3) is 0 Å². The molecule has 1 aromatic heterocycles. The minimum Gasteiger partial charge on any atom is -0.379 e. The van der Waals surface area contributed by atoms with Crippen LogP contribution in [0.5, 0.6) is 0 Å². The third kappa shape index (κ3) is 2.19. The van der Waals surface area contributed by atoms with Crippen molar-refractivity contribution in [3.63, 3.8) is 0 Å². The van der Waals surface area contributed by atoms with E-state index in [1.165, 1.54) is 6.07 Å². The van der Waals surface area contributed by atoms with Gasteiger partial charge in [0.2, 0.25) is 0 Å². The zero-order valence-corrected chi connectivity index (χ0v) is 9.87. The molecule has 3 N–H and O–H groups in total. The number of nitrogens with two attached hydrogens (primary N) is 1. The molecule has 0 aliphatic carbocycles. The molecule has 1 aliphatic heterocycles. The second-order valence-electron chi connectivity index (χ2n) is 4.66. The van der Waals surface area contributed by atoms with Crippen LogP contribution >= 0.6 is 0 Å². The van der Waals surface area contributed by atoms with Crippen molar-refractivity contribution in [1.29, 1.82) is 0 Å². The van der Waals surface area contributed by atoms with E-state index >= 15 is 0 Å². The molecule has 1 aromatic carbocycles. The van der Waals surface area contributed by atoms with Crippen LogP contribution in [-0.2, 0) is 10.9 Å². The number of imidazole rings is 1. The zero-order chi connectivity index (χ0) is 13.6. The van der Waals surface area contributed by atoms with Gasteiger partial charge in [0.05, 0.1) is 35.7 Å². The van der Waals surface area contributed by atoms with E-state index in [0.717, 1.165) is 12.1 Å². The van der Waals surface area contributed by atoms with Gasteiger partial charge in [-0.05, 0) is 18.2 Å². The van der Waals surface area contributed by atoms with Gasteiger partial charge in [0.15, 0.2) is 0 Å². The lowest BCUT2D eigenvalue weighted by atomic mass is 10.0. The Kier molecular flexibility index (Phi) is 2.75. The van der Waals surface area contributed by atoms with Gasteiger partial charge in [-0.3, -0.25) is 0 Å². The highest BCUT2D eigenvalue weighted by Gasteiger charge is 2.32. The average molecular weight is 271 g/mol. The Bertz CT molecular complexity index is 608. The molecule has 19 heavy (non-hydrogen) atoms. The SMILES string of the molecule is NC1COCC1c1nc2ccc(C(F)(F)F)cc2[nH]1. The Morgan fingerprint density at radius 1 is 1.32 bits per heavy atom. The molecule has 4 nitrogen and oxygen atoms in total. The second-order valence-corrected chi connectivity index (χ2v) is 4.66. The van der Waals surface area contributed by atoms with Crippen molar-refractivity contribution in [2.24, 2.45) is 5.73 Å². The first-order valence-electron chi connectivity index (χ1n) is 5.85. The summed E-state index contributed by atoms with van der Waals surface area (Å²) in [4.78, 5) is 7.19. The van der Waals surface area contributed by atoms with Crippen molar-refractivity contribution in [3.8, 4) is 0 Å². The molecule has 3 rings (SSSR count). The summed E-state index contributed by atoms with van der Waals surface area (Å²) in [5.74, 6) is 0.487. The molecule has 7 heteroatoms. The van der Waals surface area contributed by atoms with Crippen molar-refractivity contribution in [2.75, 3.05) is 13.2 Å². The predicted octanol–water partition coefficient (Wildman–Crippen LogP) is 2.02. The maximum Gasteiger partial charge on any atom is 0.416 e. The van der Waals surface area contributed by atoms with E-state index in [4.69, 9.17) is 10.5 Å². The average Bonchev–Trinajstić information content (AvgIpc) is 2.91. The molecule has 2 unspecified atom stereocenters. The molecule has 2 aromatic rings. The van der Waals surface area contributed by atoms with Crippen LogP contribution in [0.1, 0.15) is 17.3 Å². The van der Waals surface area contributed by atoms with Crippen molar-refractivity contribution in [2.45, 2.75) is 18.1 Å². The maximum absolute atomic E-state index is 12.6. The third-order valence-electron chi connectivity index (χ3n) is 3.30. The Labute approximate surface area is 106 Å². The van der Waals surface area contributed by atoms with E-state index in [1.54, 1.807) is 0 Å². The van der Waals surface area contributed by atoms with Gasteiger partial charge >= 0.3 is 6.18 Å². The van der Waals surface area contributed by atoms with Gasteiger partial charge in [-0.25, -0.2) is 4.98 Å². The monoisotopic (exact) mass is 271 g/mol. The minimum absolute atomic E-state index is 0.0956. The molecule has 102 valence electrons.